The molecule has 1 aromatic carbocycles. The maximum atomic E-state index is 6.23. The van der Waals surface area contributed by atoms with Gasteiger partial charge in [0.1, 0.15) is 0 Å². The summed E-state index contributed by atoms with van der Waals surface area (Å²) in [6.45, 7) is 7.82. The maximum absolute atomic E-state index is 6.23. The Labute approximate surface area is 253 Å². The zero-order valence-electron chi connectivity index (χ0n) is 26.2. The Morgan fingerprint density at radius 3 is 2.27 bits per heavy atom. The van der Waals surface area contributed by atoms with Crippen LogP contribution in [-0.2, 0) is 0 Å². The van der Waals surface area contributed by atoms with Gasteiger partial charge in [0.05, 0.1) is 6.61 Å². The van der Waals surface area contributed by atoms with Crippen LogP contribution in [0.1, 0.15) is 130 Å². The lowest BCUT2D eigenvalue weighted by atomic mass is 9.96. The number of fused-ring (bicyclic) bond motifs is 1. The van der Waals surface area contributed by atoms with E-state index in [9.17, 15) is 0 Å². The van der Waals surface area contributed by atoms with E-state index in [2.05, 4.69) is 44.0 Å². The number of hydrogen-bond donors (Lipinski definition) is 0. The number of ether oxygens (including phenoxy) is 3. The molecule has 1 fully saturated rings. The molecular formula is C36H55NO3Si. The molecule has 0 bridgehead atoms. The van der Waals surface area contributed by atoms with E-state index in [0.717, 1.165) is 47.5 Å². The van der Waals surface area contributed by atoms with Crippen molar-refractivity contribution in [2.75, 3.05) is 6.61 Å². The topological polar surface area (TPSA) is 40.6 Å². The summed E-state index contributed by atoms with van der Waals surface area (Å²) in [4.78, 5) is 4.55. The van der Waals surface area contributed by atoms with Gasteiger partial charge in [0, 0.05) is 17.8 Å². The molecule has 3 atom stereocenters. The van der Waals surface area contributed by atoms with Crippen LogP contribution in [0.2, 0.25) is 5.54 Å². The van der Waals surface area contributed by atoms with E-state index in [1.54, 1.807) is 0 Å². The highest BCUT2D eigenvalue weighted by molar-refractivity contribution is 6.38. The average Bonchev–Trinajstić information content (AvgIpc) is 3.72. The smallest absolute Gasteiger partial charge is 0.215 e. The number of benzene rings is 1. The number of hydrogen-bond acceptors (Lipinski definition) is 4. The van der Waals surface area contributed by atoms with Crippen LogP contribution >= 0.6 is 0 Å². The first-order valence-corrected chi connectivity index (χ1v) is 18.1. The third kappa shape index (κ3) is 12.0. The highest BCUT2D eigenvalue weighted by Gasteiger charge is 2.27. The number of unbranched alkanes of at least 4 members (excludes halogenated alkanes) is 8. The van der Waals surface area contributed by atoms with Crippen molar-refractivity contribution in [1.82, 2.24) is 4.98 Å². The van der Waals surface area contributed by atoms with Crippen molar-refractivity contribution in [2.45, 2.75) is 141 Å². The molecule has 2 aromatic rings. The summed E-state index contributed by atoms with van der Waals surface area (Å²) in [6.07, 6.45) is 25.0. The van der Waals surface area contributed by atoms with Crippen LogP contribution in [0.5, 0.6) is 17.4 Å². The maximum Gasteiger partial charge on any atom is 0.215 e. The third-order valence-electron chi connectivity index (χ3n) is 8.74. The Kier molecular flexibility index (Phi) is 13.9. The Morgan fingerprint density at radius 2 is 1.51 bits per heavy atom. The summed E-state index contributed by atoms with van der Waals surface area (Å²) in [7, 11) is 0.652. The molecule has 226 valence electrons. The lowest BCUT2D eigenvalue weighted by molar-refractivity contribution is 0.122. The molecule has 2 heterocycles. The first-order valence-electron chi connectivity index (χ1n) is 16.9. The van der Waals surface area contributed by atoms with Crippen LogP contribution in [0.4, 0.5) is 0 Å². The van der Waals surface area contributed by atoms with E-state index in [-0.39, 0.29) is 5.91 Å². The Hall–Kier alpha value is -2.01. The van der Waals surface area contributed by atoms with Crippen LogP contribution in [0.3, 0.4) is 0 Å². The molecule has 5 heteroatoms. The number of aromatic nitrogens is 1. The van der Waals surface area contributed by atoms with Gasteiger partial charge in [-0.2, -0.15) is 0 Å². The Morgan fingerprint density at radius 1 is 0.805 bits per heavy atom. The molecule has 0 amide bonds. The number of pyridine rings is 1. The lowest BCUT2D eigenvalue weighted by Gasteiger charge is -2.15. The predicted molar refractivity (Wildman–Crippen MR) is 172 cm³/mol. The quantitative estimate of drug-likeness (QED) is 0.103. The second-order valence-electron chi connectivity index (χ2n) is 12.8. The van der Waals surface area contributed by atoms with Gasteiger partial charge in [0.15, 0.2) is 21.0 Å². The molecule has 0 N–H and O–H groups in total. The van der Waals surface area contributed by atoms with Crippen molar-refractivity contribution in [1.29, 1.82) is 0 Å². The van der Waals surface area contributed by atoms with Crippen molar-refractivity contribution < 1.29 is 14.2 Å². The molecule has 4 rings (SSSR count). The predicted octanol–water partition coefficient (Wildman–Crippen LogP) is 10.6. The normalized spacial score (nSPS) is 17.5. The van der Waals surface area contributed by atoms with Gasteiger partial charge in [-0.25, -0.2) is 4.98 Å². The summed E-state index contributed by atoms with van der Waals surface area (Å²) >= 11 is 0. The lowest BCUT2D eigenvalue weighted by Crippen LogP contribution is -2.28. The molecule has 1 aromatic heterocycles. The Bertz CT molecular complexity index is 993. The van der Waals surface area contributed by atoms with Gasteiger partial charge >= 0.3 is 0 Å². The molecule has 4 nitrogen and oxygen atoms in total. The molecule has 1 aliphatic carbocycles. The van der Waals surface area contributed by atoms with Crippen molar-refractivity contribution in [3.63, 3.8) is 0 Å². The van der Waals surface area contributed by atoms with Crippen LogP contribution in [0, 0.1) is 11.8 Å². The van der Waals surface area contributed by atoms with Gasteiger partial charge in [0.2, 0.25) is 11.8 Å². The second-order valence-corrected chi connectivity index (χ2v) is 14.6. The van der Waals surface area contributed by atoms with E-state index >= 15 is 0 Å². The minimum absolute atomic E-state index is 0.151. The molecule has 3 unspecified atom stereocenters. The van der Waals surface area contributed by atoms with Crippen molar-refractivity contribution >= 4 is 9.52 Å². The minimum Gasteiger partial charge on any atom is -0.478 e. The fraction of sp³-hybridized carbons (Fsp3) is 0.694. The van der Waals surface area contributed by atoms with Gasteiger partial charge in [-0.1, -0.05) is 130 Å². The van der Waals surface area contributed by atoms with Crippen LogP contribution in [0.25, 0.3) is 11.1 Å². The number of nitrogens with zero attached hydrogens (tertiary/aromatic N) is 1. The summed E-state index contributed by atoms with van der Waals surface area (Å²) in [5, 5.41) is 0. The summed E-state index contributed by atoms with van der Waals surface area (Å²) in [5.74, 6) is 4.22. The molecule has 41 heavy (non-hydrogen) atoms. The van der Waals surface area contributed by atoms with Gasteiger partial charge in [0.25, 0.3) is 0 Å². The minimum atomic E-state index is -0.151. The van der Waals surface area contributed by atoms with Gasteiger partial charge < -0.3 is 14.2 Å². The fourth-order valence-electron chi connectivity index (χ4n) is 5.81. The monoisotopic (exact) mass is 577 g/mol. The van der Waals surface area contributed by atoms with Gasteiger partial charge in [-0.15, -0.1) is 0 Å². The zero-order chi connectivity index (χ0) is 28.7. The van der Waals surface area contributed by atoms with E-state index < -0.39 is 0 Å². The van der Waals surface area contributed by atoms with Crippen molar-refractivity contribution in [3.05, 3.63) is 36.5 Å². The highest BCUT2D eigenvalue weighted by atomic mass is 28.2. The largest absolute Gasteiger partial charge is 0.478 e. The summed E-state index contributed by atoms with van der Waals surface area (Å²) in [5.41, 5.74) is 2.79. The van der Waals surface area contributed by atoms with E-state index in [1.165, 1.54) is 103 Å². The van der Waals surface area contributed by atoms with Crippen molar-refractivity contribution in [3.8, 4) is 28.5 Å². The second kappa shape index (κ2) is 17.8. The molecule has 0 saturated heterocycles. The Balaban J connectivity index is 1.09. The third-order valence-corrected chi connectivity index (χ3v) is 10.1. The molecule has 1 aliphatic heterocycles. The van der Waals surface area contributed by atoms with Gasteiger partial charge in [-0.05, 0) is 47.6 Å². The molecule has 2 aliphatic rings. The van der Waals surface area contributed by atoms with Crippen molar-refractivity contribution in [2.24, 2.45) is 11.8 Å². The van der Waals surface area contributed by atoms with Gasteiger partial charge in [-0.3, -0.25) is 0 Å². The molecule has 1 saturated carbocycles. The van der Waals surface area contributed by atoms with Crippen LogP contribution in [0.15, 0.2) is 36.5 Å². The summed E-state index contributed by atoms with van der Waals surface area (Å²) in [6, 6.07) is 10.3. The van der Waals surface area contributed by atoms with Crippen LogP contribution < -0.4 is 14.2 Å². The molecule has 0 spiro atoms. The first-order chi connectivity index (χ1) is 20.1. The number of rotatable bonds is 22. The molecular weight excluding hydrogens is 522 g/mol. The zero-order valence-corrected chi connectivity index (χ0v) is 27.2. The van der Waals surface area contributed by atoms with Crippen LogP contribution in [-0.4, -0.2) is 27.0 Å². The fourth-order valence-corrected chi connectivity index (χ4v) is 7.03. The standard InChI is InChI=1S/C36H55NO3Si/c1-4-5-10-15-28(2)16-11-6-7-12-17-29(3)41-36-39-33-23-21-31(26-34(33)40-36)32-22-24-35(37-27-32)38-25-14-9-8-13-18-30-19-20-30/h21-24,26-30,36H,4-20,25H2,1-3H3. The first kappa shape index (κ1) is 31.9. The summed E-state index contributed by atoms with van der Waals surface area (Å²) < 4.78 is 18.3. The van der Waals surface area contributed by atoms with E-state index in [0.29, 0.717) is 20.9 Å². The molecule has 2 radical (unpaired) electrons. The van der Waals surface area contributed by atoms with E-state index in [1.807, 2.05) is 18.3 Å². The average molecular weight is 578 g/mol. The SMILES string of the molecule is CCCCCC(C)CCCCCCC(C)[Si]C1Oc2ccc(-c3ccc(OCCCCCCC4CC4)nc3)cc2O1. The highest BCUT2D eigenvalue weighted by Crippen LogP contribution is 2.39. The van der Waals surface area contributed by atoms with E-state index in [4.69, 9.17) is 14.2 Å².